The number of rotatable bonds is 6. The molecule has 1 fully saturated rings. The molecule has 8 heteroatoms. The fraction of sp³-hybridized carbons (Fsp3) is 0.588. The Morgan fingerprint density at radius 2 is 1.92 bits per heavy atom. The number of nitro groups is 1. The molecule has 2 rings (SSSR count). The van der Waals surface area contributed by atoms with Gasteiger partial charge in [0.15, 0.2) is 0 Å². The van der Waals surface area contributed by atoms with Gasteiger partial charge >= 0.3 is 0 Å². The fourth-order valence-corrected chi connectivity index (χ4v) is 3.00. The van der Waals surface area contributed by atoms with Crippen molar-refractivity contribution >= 4 is 24.0 Å². The van der Waals surface area contributed by atoms with Crippen LogP contribution in [0.25, 0.3) is 0 Å². The first-order valence-electron chi connectivity index (χ1n) is 8.33. The van der Waals surface area contributed by atoms with Crippen LogP contribution < -0.4 is 10.5 Å². The third kappa shape index (κ3) is 5.57. The zero-order valence-corrected chi connectivity index (χ0v) is 15.5. The number of piperidine rings is 1. The van der Waals surface area contributed by atoms with Crippen LogP contribution in [0.2, 0.25) is 0 Å². The van der Waals surface area contributed by atoms with Gasteiger partial charge in [-0.05, 0) is 25.5 Å². The summed E-state index contributed by atoms with van der Waals surface area (Å²) in [6.07, 6.45) is 3.00. The van der Waals surface area contributed by atoms with Crippen LogP contribution in [0.4, 0.5) is 5.69 Å². The van der Waals surface area contributed by atoms with Gasteiger partial charge in [-0.3, -0.25) is 14.9 Å². The molecule has 0 saturated carbocycles. The molecule has 140 valence electrons. The van der Waals surface area contributed by atoms with Crippen molar-refractivity contribution < 1.29 is 14.5 Å². The monoisotopic (exact) mass is 371 g/mol. The van der Waals surface area contributed by atoms with Crippen molar-refractivity contribution in [2.24, 2.45) is 5.73 Å². The van der Waals surface area contributed by atoms with Crippen LogP contribution in [-0.2, 0) is 4.79 Å². The van der Waals surface area contributed by atoms with Crippen LogP contribution >= 0.6 is 12.4 Å². The molecule has 0 radical (unpaired) electrons. The second-order valence-electron chi connectivity index (χ2n) is 6.53. The van der Waals surface area contributed by atoms with E-state index < -0.39 is 10.5 Å². The molecule has 25 heavy (non-hydrogen) atoms. The summed E-state index contributed by atoms with van der Waals surface area (Å²) in [5.74, 6) is 0.609. The summed E-state index contributed by atoms with van der Waals surface area (Å²) < 4.78 is 5.86. The molecule has 1 saturated heterocycles. The normalized spacial score (nSPS) is 17.3. The largest absolute Gasteiger partial charge is 0.490 e. The van der Waals surface area contributed by atoms with Gasteiger partial charge in [-0.1, -0.05) is 13.3 Å². The molecule has 1 aliphatic rings. The number of carbonyl (C=O) groups is 1. The van der Waals surface area contributed by atoms with Crippen LogP contribution in [0, 0.1) is 10.1 Å². The van der Waals surface area contributed by atoms with Crippen LogP contribution in [0.1, 0.15) is 39.5 Å². The third-order valence-electron chi connectivity index (χ3n) is 4.34. The molecule has 1 aromatic carbocycles. The highest BCUT2D eigenvalue weighted by Gasteiger charge is 2.34. The second kappa shape index (κ2) is 9.01. The average Bonchev–Trinajstić information content (AvgIpc) is 2.55. The fourth-order valence-electron chi connectivity index (χ4n) is 3.00. The Balaban J connectivity index is 0.00000312. The molecule has 1 aliphatic heterocycles. The smallest absolute Gasteiger partial charge is 0.269 e. The van der Waals surface area contributed by atoms with Crippen molar-refractivity contribution in [2.45, 2.75) is 51.2 Å². The zero-order chi connectivity index (χ0) is 17.7. The van der Waals surface area contributed by atoms with E-state index in [9.17, 15) is 14.9 Å². The maximum Gasteiger partial charge on any atom is 0.269 e. The number of halogens is 1. The highest BCUT2D eigenvalue weighted by Crippen LogP contribution is 2.23. The van der Waals surface area contributed by atoms with Gasteiger partial charge in [0.05, 0.1) is 10.5 Å². The van der Waals surface area contributed by atoms with Gasteiger partial charge in [-0.2, -0.15) is 0 Å². The Hall–Kier alpha value is -1.86. The summed E-state index contributed by atoms with van der Waals surface area (Å²) in [5.41, 5.74) is 5.36. The van der Waals surface area contributed by atoms with Gasteiger partial charge in [0.1, 0.15) is 11.9 Å². The number of likely N-dealkylation sites (tertiary alicyclic amines) is 1. The van der Waals surface area contributed by atoms with Crippen LogP contribution in [0.3, 0.4) is 0 Å². The van der Waals surface area contributed by atoms with Crippen molar-refractivity contribution in [3.05, 3.63) is 34.4 Å². The summed E-state index contributed by atoms with van der Waals surface area (Å²) in [4.78, 5) is 24.5. The van der Waals surface area contributed by atoms with Crippen LogP contribution in [0.15, 0.2) is 24.3 Å². The minimum atomic E-state index is -0.805. The Morgan fingerprint density at radius 1 is 1.36 bits per heavy atom. The topological polar surface area (TPSA) is 98.7 Å². The number of nitrogens with zero attached hydrogens (tertiary/aromatic N) is 2. The Kier molecular flexibility index (Phi) is 7.63. The van der Waals surface area contributed by atoms with E-state index >= 15 is 0 Å². The van der Waals surface area contributed by atoms with Gasteiger partial charge in [0.25, 0.3) is 5.69 Å². The van der Waals surface area contributed by atoms with Gasteiger partial charge < -0.3 is 15.4 Å². The van der Waals surface area contributed by atoms with Crippen LogP contribution in [-0.4, -0.2) is 40.5 Å². The number of nitro benzene ring substituents is 1. The minimum absolute atomic E-state index is 0. The number of benzene rings is 1. The highest BCUT2D eigenvalue weighted by atomic mass is 35.5. The van der Waals surface area contributed by atoms with Crippen molar-refractivity contribution in [3.8, 4) is 5.75 Å². The van der Waals surface area contributed by atoms with E-state index in [-0.39, 0.29) is 30.1 Å². The van der Waals surface area contributed by atoms with E-state index in [2.05, 4.69) is 0 Å². The van der Waals surface area contributed by atoms with E-state index in [1.807, 2.05) is 11.8 Å². The molecule has 1 atom stereocenters. The molecule has 1 heterocycles. The summed E-state index contributed by atoms with van der Waals surface area (Å²) in [6, 6.07) is 6.07. The standard InChI is InChI=1S/C17H25N3O4.ClH/c1-3-10-17(2,18)16(21)19-11-8-15(9-12-19)24-14-6-4-13(5-7-14)20(22)23;/h4-7,15H,3,8-12,18H2,1-2H3;1H. The van der Waals surface area contributed by atoms with E-state index in [0.717, 1.165) is 19.3 Å². The van der Waals surface area contributed by atoms with Crippen molar-refractivity contribution in [3.63, 3.8) is 0 Å². The number of nitrogens with two attached hydrogens (primary N) is 1. The Morgan fingerprint density at radius 3 is 2.40 bits per heavy atom. The Bertz CT molecular complexity index is 584. The van der Waals surface area contributed by atoms with E-state index in [1.165, 1.54) is 12.1 Å². The lowest BCUT2D eigenvalue weighted by molar-refractivity contribution is -0.384. The summed E-state index contributed by atoms with van der Waals surface area (Å²) >= 11 is 0. The predicted octanol–water partition coefficient (Wildman–Crippen LogP) is 2.90. The summed E-state index contributed by atoms with van der Waals surface area (Å²) in [5, 5.41) is 10.6. The lowest BCUT2D eigenvalue weighted by atomic mass is 9.94. The zero-order valence-electron chi connectivity index (χ0n) is 14.6. The van der Waals surface area contributed by atoms with Gasteiger partial charge in [-0.25, -0.2) is 0 Å². The van der Waals surface area contributed by atoms with E-state index in [1.54, 1.807) is 19.1 Å². The molecule has 7 nitrogen and oxygen atoms in total. The van der Waals surface area contributed by atoms with Gasteiger partial charge in [0.2, 0.25) is 5.91 Å². The molecular weight excluding hydrogens is 346 g/mol. The number of ether oxygens (including phenoxy) is 1. The minimum Gasteiger partial charge on any atom is -0.490 e. The molecule has 1 unspecified atom stereocenters. The molecule has 0 aromatic heterocycles. The van der Waals surface area contributed by atoms with Gasteiger partial charge in [0, 0.05) is 38.1 Å². The van der Waals surface area contributed by atoms with Crippen LogP contribution in [0.5, 0.6) is 5.75 Å². The molecule has 1 amide bonds. The molecule has 0 bridgehead atoms. The third-order valence-corrected chi connectivity index (χ3v) is 4.34. The number of amides is 1. The number of carbonyl (C=O) groups excluding carboxylic acids is 1. The number of hydrogen-bond donors (Lipinski definition) is 1. The summed E-state index contributed by atoms with van der Waals surface area (Å²) in [7, 11) is 0. The maximum absolute atomic E-state index is 12.5. The lowest BCUT2D eigenvalue weighted by Crippen LogP contribution is -2.55. The molecule has 0 aliphatic carbocycles. The average molecular weight is 372 g/mol. The number of hydrogen-bond acceptors (Lipinski definition) is 5. The maximum atomic E-state index is 12.5. The highest BCUT2D eigenvalue weighted by molar-refractivity contribution is 5.86. The van der Waals surface area contributed by atoms with Crippen molar-refractivity contribution in [1.82, 2.24) is 4.90 Å². The predicted molar refractivity (Wildman–Crippen MR) is 98.1 cm³/mol. The van der Waals surface area contributed by atoms with Crippen molar-refractivity contribution in [1.29, 1.82) is 0 Å². The quantitative estimate of drug-likeness (QED) is 0.612. The van der Waals surface area contributed by atoms with E-state index in [4.69, 9.17) is 10.5 Å². The first kappa shape index (κ1) is 21.2. The molecule has 1 aromatic rings. The molecular formula is C17H26ClN3O4. The SMILES string of the molecule is CCCC(C)(N)C(=O)N1CCC(Oc2ccc([N+](=O)[O-])cc2)CC1.Cl. The number of non-ortho nitro benzene ring substituents is 1. The second-order valence-corrected chi connectivity index (χ2v) is 6.53. The molecule has 0 spiro atoms. The Labute approximate surface area is 154 Å². The molecule has 2 N–H and O–H groups in total. The van der Waals surface area contributed by atoms with E-state index in [0.29, 0.717) is 25.3 Å². The van der Waals surface area contributed by atoms with Crippen molar-refractivity contribution in [2.75, 3.05) is 13.1 Å². The summed E-state index contributed by atoms with van der Waals surface area (Å²) in [6.45, 7) is 5.04. The van der Waals surface area contributed by atoms with Gasteiger partial charge in [-0.15, -0.1) is 12.4 Å². The lowest BCUT2D eigenvalue weighted by Gasteiger charge is -2.36. The first-order valence-corrected chi connectivity index (χ1v) is 8.33. The first-order chi connectivity index (χ1) is 11.3.